The van der Waals surface area contributed by atoms with Crippen molar-refractivity contribution in [1.29, 1.82) is 0 Å². The summed E-state index contributed by atoms with van der Waals surface area (Å²) in [7, 11) is 1.54. The van der Waals surface area contributed by atoms with Gasteiger partial charge in [-0.15, -0.1) is 24.0 Å². The van der Waals surface area contributed by atoms with Crippen molar-refractivity contribution in [3.05, 3.63) is 33.8 Å². The Bertz CT molecular complexity index is 512. The Morgan fingerprint density at radius 3 is 2.64 bits per heavy atom. The molecule has 4 nitrogen and oxygen atoms in total. The van der Waals surface area contributed by atoms with Crippen molar-refractivity contribution in [3.8, 4) is 0 Å². The average Bonchev–Trinajstić information content (AvgIpc) is 2.36. The van der Waals surface area contributed by atoms with Crippen LogP contribution in [0.2, 0.25) is 0 Å². The Balaban J connectivity index is 0.00000441. The molecule has 0 aromatic heterocycles. The number of nitrogens with two attached hydrogens (primary N) is 1. The quantitative estimate of drug-likeness (QED) is 0.373. The van der Waals surface area contributed by atoms with E-state index in [1.807, 2.05) is 6.92 Å². The Hall–Kier alpha value is -0.550. The molecule has 1 rings (SSSR count). The summed E-state index contributed by atoms with van der Waals surface area (Å²) >= 11 is 3.03. The molecule has 0 aliphatic carbocycles. The number of ether oxygens (including phenoxy) is 1. The van der Waals surface area contributed by atoms with Gasteiger partial charge in [-0.2, -0.15) is 13.2 Å². The van der Waals surface area contributed by atoms with E-state index in [0.29, 0.717) is 11.1 Å². The van der Waals surface area contributed by atoms with E-state index in [9.17, 15) is 13.2 Å². The molecule has 0 amide bonds. The van der Waals surface area contributed by atoms with Crippen LogP contribution in [0.3, 0.4) is 0 Å². The number of rotatable bonds is 5. The van der Waals surface area contributed by atoms with Crippen LogP contribution in [-0.2, 0) is 17.5 Å². The Morgan fingerprint density at radius 2 is 2.09 bits per heavy atom. The molecule has 22 heavy (non-hydrogen) atoms. The maximum Gasteiger partial charge on any atom is 0.416 e. The number of hydrogen-bond acceptors (Lipinski definition) is 2. The zero-order valence-corrected chi connectivity index (χ0v) is 16.0. The third-order valence-corrected chi connectivity index (χ3v) is 3.10. The molecule has 0 spiro atoms. The molecule has 0 aliphatic rings. The number of nitrogens with one attached hydrogen (secondary N) is 1. The van der Waals surface area contributed by atoms with E-state index >= 15 is 0 Å². The van der Waals surface area contributed by atoms with Crippen molar-refractivity contribution < 1.29 is 17.9 Å². The Morgan fingerprint density at radius 1 is 1.45 bits per heavy atom. The van der Waals surface area contributed by atoms with Crippen molar-refractivity contribution in [2.75, 3.05) is 13.7 Å². The number of guanidine groups is 1. The number of hydrogen-bond donors (Lipinski definition) is 2. The van der Waals surface area contributed by atoms with Gasteiger partial charge in [0.2, 0.25) is 0 Å². The van der Waals surface area contributed by atoms with Gasteiger partial charge in [0, 0.05) is 17.6 Å². The Labute approximate surface area is 152 Å². The fraction of sp³-hybridized carbons (Fsp3) is 0.462. The zero-order valence-electron chi connectivity index (χ0n) is 12.1. The maximum atomic E-state index is 12.9. The van der Waals surface area contributed by atoms with Crippen molar-refractivity contribution in [2.45, 2.75) is 25.7 Å². The van der Waals surface area contributed by atoms with Gasteiger partial charge in [-0.1, -0.05) is 22.0 Å². The molecule has 1 atom stereocenters. The standard InChI is InChI=1S/C13H17BrF3N3O.HI/c1-8(7-21-2)20-12(18)19-6-9-3-4-10(14)5-11(9)13(15,16)17;/h3-5,8H,6-7H2,1-2H3,(H3,18,19,20);1H. The molecule has 126 valence electrons. The van der Waals surface area contributed by atoms with Gasteiger partial charge in [0.15, 0.2) is 5.96 Å². The van der Waals surface area contributed by atoms with Crippen LogP contribution in [0.25, 0.3) is 0 Å². The molecule has 0 bridgehead atoms. The summed E-state index contributed by atoms with van der Waals surface area (Å²) < 4.78 is 44.1. The molecule has 0 radical (unpaired) electrons. The van der Waals surface area contributed by atoms with Gasteiger partial charge in [-0.25, -0.2) is 4.99 Å². The summed E-state index contributed by atoms with van der Waals surface area (Å²) in [6.45, 7) is 2.09. The second-order valence-electron chi connectivity index (χ2n) is 4.50. The lowest BCUT2D eigenvalue weighted by Gasteiger charge is -2.14. The summed E-state index contributed by atoms with van der Waals surface area (Å²) in [6, 6.07) is 3.87. The highest BCUT2D eigenvalue weighted by Crippen LogP contribution is 2.34. The molecular formula is C13H18BrF3IN3O. The monoisotopic (exact) mass is 495 g/mol. The topological polar surface area (TPSA) is 59.6 Å². The number of aliphatic imine (C=N–C) groups is 1. The van der Waals surface area contributed by atoms with Crippen LogP contribution in [0.5, 0.6) is 0 Å². The van der Waals surface area contributed by atoms with Crippen LogP contribution in [-0.4, -0.2) is 25.7 Å². The fourth-order valence-corrected chi connectivity index (χ4v) is 2.07. The van der Waals surface area contributed by atoms with E-state index in [0.717, 1.165) is 6.07 Å². The van der Waals surface area contributed by atoms with Gasteiger partial charge in [-0.05, 0) is 24.6 Å². The molecule has 1 aromatic carbocycles. The molecule has 1 aromatic rings. The third-order valence-electron chi connectivity index (χ3n) is 2.61. The lowest BCUT2D eigenvalue weighted by molar-refractivity contribution is -0.138. The van der Waals surface area contributed by atoms with E-state index in [-0.39, 0.29) is 48.1 Å². The number of benzene rings is 1. The minimum Gasteiger partial charge on any atom is -0.383 e. The number of alkyl halides is 3. The summed E-state index contributed by atoms with van der Waals surface area (Å²) in [4.78, 5) is 3.93. The molecule has 0 heterocycles. The first-order valence-corrected chi connectivity index (χ1v) is 6.94. The van der Waals surface area contributed by atoms with Crippen molar-refractivity contribution in [3.63, 3.8) is 0 Å². The van der Waals surface area contributed by atoms with Gasteiger partial charge in [0.1, 0.15) is 0 Å². The fourth-order valence-electron chi connectivity index (χ4n) is 1.71. The predicted octanol–water partition coefficient (Wildman–Crippen LogP) is 3.53. The zero-order chi connectivity index (χ0) is 16.0. The maximum absolute atomic E-state index is 12.9. The Kier molecular flexibility index (Phi) is 9.32. The van der Waals surface area contributed by atoms with E-state index < -0.39 is 11.7 Å². The van der Waals surface area contributed by atoms with Gasteiger partial charge in [0.25, 0.3) is 0 Å². The largest absolute Gasteiger partial charge is 0.416 e. The minimum atomic E-state index is -4.43. The minimum absolute atomic E-state index is 0. The number of halogens is 5. The van der Waals surface area contributed by atoms with Crippen molar-refractivity contribution >= 4 is 45.9 Å². The molecule has 0 fully saturated rings. The van der Waals surface area contributed by atoms with Crippen LogP contribution in [0.1, 0.15) is 18.1 Å². The van der Waals surface area contributed by atoms with Gasteiger partial charge in [0.05, 0.1) is 18.7 Å². The molecule has 1 unspecified atom stereocenters. The first-order chi connectivity index (χ1) is 9.74. The summed E-state index contributed by atoms with van der Waals surface area (Å²) in [5.74, 6) is 0.0793. The van der Waals surface area contributed by atoms with Crippen molar-refractivity contribution in [2.24, 2.45) is 10.7 Å². The summed E-state index contributed by atoms with van der Waals surface area (Å²) in [5, 5.41) is 2.83. The van der Waals surface area contributed by atoms with Gasteiger partial charge in [-0.3, -0.25) is 0 Å². The highest BCUT2D eigenvalue weighted by Gasteiger charge is 2.33. The smallest absolute Gasteiger partial charge is 0.383 e. The summed E-state index contributed by atoms with van der Waals surface area (Å²) in [5.41, 5.74) is 4.98. The predicted molar refractivity (Wildman–Crippen MR) is 94.4 cm³/mol. The summed E-state index contributed by atoms with van der Waals surface area (Å²) in [6.07, 6.45) is -4.43. The first-order valence-electron chi connectivity index (χ1n) is 6.15. The molecular weight excluding hydrogens is 478 g/mol. The first kappa shape index (κ1) is 21.4. The SMILES string of the molecule is COCC(C)NC(N)=NCc1ccc(Br)cc1C(F)(F)F.I. The van der Waals surface area contributed by atoms with Crippen LogP contribution in [0, 0.1) is 0 Å². The van der Waals surface area contributed by atoms with E-state index in [2.05, 4.69) is 26.2 Å². The normalized spacial score (nSPS) is 13.5. The van der Waals surface area contributed by atoms with E-state index in [4.69, 9.17) is 10.5 Å². The molecule has 0 saturated heterocycles. The van der Waals surface area contributed by atoms with Gasteiger partial charge >= 0.3 is 6.18 Å². The van der Waals surface area contributed by atoms with Crippen LogP contribution in [0.4, 0.5) is 13.2 Å². The molecule has 0 saturated carbocycles. The van der Waals surface area contributed by atoms with Crippen LogP contribution >= 0.6 is 39.9 Å². The number of nitrogens with zero attached hydrogens (tertiary/aromatic N) is 1. The second kappa shape index (κ2) is 9.56. The van der Waals surface area contributed by atoms with Crippen LogP contribution in [0.15, 0.2) is 27.7 Å². The third kappa shape index (κ3) is 7.14. The molecule has 9 heteroatoms. The lowest BCUT2D eigenvalue weighted by atomic mass is 10.1. The van der Waals surface area contributed by atoms with E-state index in [1.165, 1.54) is 12.1 Å². The molecule has 0 aliphatic heterocycles. The van der Waals surface area contributed by atoms with Crippen molar-refractivity contribution in [1.82, 2.24) is 5.32 Å². The highest BCUT2D eigenvalue weighted by molar-refractivity contribution is 14.0. The van der Waals surface area contributed by atoms with Crippen LogP contribution < -0.4 is 11.1 Å². The lowest BCUT2D eigenvalue weighted by Crippen LogP contribution is -2.40. The average molecular weight is 496 g/mol. The van der Waals surface area contributed by atoms with Gasteiger partial charge < -0.3 is 15.8 Å². The van der Waals surface area contributed by atoms with E-state index in [1.54, 1.807) is 7.11 Å². The molecule has 3 N–H and O–H groups in total. The number of methoxy groups -OCH3 is 1. The highest BCUT2D eigenvalue weighted by atomic mass is 127. The second-order valence-corrected chi connectivity index (χ2v) is 5.42.